The molecule has 0 unspecified atom stereocenters. The average Bonchev–Trinajstić information content (AvgIpc) is 3.02. The molecular weight excluding hydrogens is 298 g/mol. The van der Waals surface area contributed by atoms with Crippen molar-refractivity contribution < 1.29 is 19.1 Å². The largest absolute Gasteiger partial charge is 0.464 e. The molecule has 0 fully saturated rings. The van der Waals surface area contributed by atoms with Crippen molar-refractivity contribution in [2.75, 3.05) is 20.8 Å². The highest BCUT2D eigenvalue weighted by Crippen LogP contribution is 2.12. The molecule has 7 heteroatoms. The summed E-state index contributed by atoms with van der Waals surface area (Å²) in [5.41, 5.74) is 1.41. The lowest BCUT2D eigenvalue weighted by Crippen LogP contribution is -2.23. The first-order valence-electron chi connectivity index (χ1n) is 6.70. The van der Waals surface area contributed by atoms with E-state index in [1.165, 1.54) is 25.0 Å². The molecule has 0 saturated carbocycles. The Morgan fingerprint density at radius 2 is 1.96 bits per heavy atom. The number of rotatable bonds is 3. The zero-order valence-corrected chi connectivity index (χ0v) is 12.7. The van der Waals surface area contributed by atoms with Crippen molar-refractivity contribution >= 4 is 12.1 Å². The van der Waals surface area contributed by atoms with Crippen LogP contribution in [0.3, 0.4) is 0 Å². The maximum absolute atomic E-state index is 11.6. The van der Waals surface area contributed by atoms with Gasteiger partial charge in [0.25, 0.3) is 0 Å². The highest BCUT2D eigenvalue weighted by atomic mass is 16.5. The van der Waals surface area contributed by atoms with E-state index in [2.05, 4.69) is 31.7 Å². The lowest BCUT2D eigenvalue weighted by molar-refractivity contribution is 0.0593. The molecule has 2 rings (SSSR count). The van der Waals surface area contributed by atoms with Crippen LogP contribution < -0.4 is 5.32 Å². The van der Waals surface area contributed by atoms with Crippen LogP contribution in [0.1, 0.15) is 16.2 Å². The molecule has 1 aromatic heterocycles. The summed E-state index contributed by atoms with van der Waals surface area (Å²) >= 11 is 0. The fourth-order valence-electron chi connectivity index (χ4n) is 1.76. The van der Waals surface area contributed by atoms with Crippen LogP contribution in [0.25, 0.3) is 5.69 Å². The van der Waals surface area contributed by atoms with Gasteiger partial charge in [0.05, 0.1) is 26.5 Å². The Labute approximate surface area is 133 Å². The van der Waals surface area contributed by atoms with E-state index in [9.17, 15) is 9.59 Å². The van der Waals surface area contributed by atoms with Crippen LogP contribution in [0.15, 0.2) is 36.4 Å². The van der Waals surface area contributed by atoms with E-state index < -0.39 is 12.1 Å². The predicted molar refractivity (Wildman–Crippen MR) is 82.2 cm³/mol. The molecule has 1 N–H and O–H groups in total. The minimum absolute atomic E-state index is 0.111. The molecule has 0 bridgehead atoms. The van der Waals surface area contributed by atoms with Crippen molar-refractivity contribution in [2.24, 2.45) is 0 Å². The molecule has 0 saturated heterocycles. The van der Waals surface area contributed by atoms with Crippen LogP contribution in [0, 0.1) is 11.8 Å². The monoisotopic (exact) mass is 313 g/mol. The summed E-state index contributed by atoms with van der Waals surface area (Å²) in [6.45, 7) is 0.111. The molecule has 1 amide bonds. The molecule has 118 valence electrons. The third-order valence-corrected chi connectivity index (χ3v) is 2.83. The maximum atomic E-state index is 11.6. The van der Waals surface area contributed by atoms with Gasteiger partial charge in [-0.05, 0) is 18.1 Å². The zero-order valence-electron chi connectivity index (χ0n) is 12.7. The summed E-state index contributed by atoms with van der Waals surface area (Å²) in [6, 6.07) is 10.8. The van der Waals surface area contributed by atoms with Gasteiger partial charge in [-0.1, -0.05) is 24.1 Å². The molecular formula is C16H15N3O4. The number of aromatic nitrogens is 2. The van der Waals surface area contributed by atoms with E-state index in [0.717, 1.165) is 5.69 Å². The molecule has 23 heavy (non-hydrogen) atoms. The number of carbonyl (C=O) groups is 2. The number of alkyl carbamates (subject to hydrolysis) is 1. The molecule has 0 atom stereocenters. The molecule has 0 aliphatic rings. The molecule has 0 aliphatic heterocycles. The first-order chi connectivity index (χ1) is 11.2. The van der Waals surface area contributed by atoms with Gasteiger partial charge in [-0.2, -0.15) is 5.10 Å². The second kappa shape index (κ2) is 7.66. The van der Waals surface area contributed by atoms with Gasteiger partial charge in [0, 0.05) is 6.07 Å². The molecule has 1 aromatic carbocycles. The molecule has 2 aromatic rings. The lowest BCUT2D eigenvalue weighted by atomic mass is 10.3. The number of benzene rings is 1. The van der Waals surface area contributed by atoms with Crippen molar-refractivity contribution in [2.45, 2.75) is 0 Å². The number of nitrogens with zero attached hydrogens (tertiary/aromatic N) is 2. The van der Waals surface area contributed by atoms with E-state index >= 15 is 0 Å². The number of methoxy groups -OCH3 is 2. The van der Waals surface area contributed by atoms with Gasteiger partial charge in [0.1, 0.15) is 5.69 Å². The molecule has 7 nitrogen and oxygen atoms in total. The summed E-state index contributed by atoms with van der Waals surface area (Å²) in [4.78, 5) is 22.6. The fourth-order valence-corrected chi connectivity index (χ4v) is 1.76. The number of hydrogen-bond acceptors (Lipinski definition) is 5. The Hall–Kier alpha value is -3.27. The number of hydrogen-bond donors (Lipinski definition) is 1. The Morgan fingerprint density at radius 3 is 2.61 bits per heavy atom. The number of para-hydroxylation sites is 1. The van der Waals surface area contributed by atoms with Gasteiger partial charge in [-0.3, -0.25) is 0 Å². The summed E-state index contributed by atoms with van der Waals surface area (Å²) in [7, 11) is 2.56. The zero-order chi connectivity index (χ0) is 16.7. The van der Waals surface area contributed by atoms with Crippen molar-refractivity contribution in [3.63, 3.8) is 0 Å². The third-order valence-electron chi connectivity index (χ3n) is 2.83. The Balaban J connectivity index is 2.30. The third kappa shape index (κ3) is 4.11. The quantitative estimate of drug-likeness (QED) is 0.683. The highest BCUT2D eigenvalue weighted by Gasteiger charge is 2.14. The van der Waals surface area contributed by atoms with Gasteiger partial charge in [-0.25, -0.2) is 14.3 Å². The molecule has 0 radical (unpaired) electrons. The smallest absolute Gasteiger partial charge is 0.407 e. The normalized spacial score (nSPS) is 9.48. The Bertz CT molecular complexity index is 757. The summed E-state index contributed by atoms with van der Waals surface area (Å²) in [5.74, 6) is 5.09. The van der Waals surface area contributed by atoms with E-state index in [1.807, 2.05) is 30.3 Å². The Kier molecular flexibility index (Phi) is 5.36. The van der Waals surface area contributed by atoms with Gasteiger partial charge < -0.3 is 14.8 Å². The van der Waals surface area contributed by atoms with E-state index in [1.54, 1.807) is 0 Å². The number of esters is 1. The standard InChI is InChI=1S/C16H15N3O4/c1-22-15(20)14-11-13(9-6-10-17-16(21)23-2)19(18-14)12-7-4-3-5-8-12/h3-5,7-8,11H,10H2,1-2H3,(H,17,21). The minimum Gasteiger partial charge on any atom is -0.464 e. The lowest BCUT2D eigenvalue weighted by Gasteiger charge is -2.02. The molecule has 0 spiro atoms. The predicted octanol–water partition coefficient (Wildman–Crippen LogP) is 1.37. The van der Waals surface area contributed by atoms with Crippen LogP contribution in [0.5, 0.6) is 0 Å². The van der Waals surface area contributed by atoms with E-state index in [-0.39, 0.29) is 12.2 Å². The topological polar surface area (TPSA) is 82.4 Å². The summed E-state index contributed by atoms with van der Waals surface area (Å²) in [6.07, 6.45) is -0.564. The highest BCUT2D eigenvalue weighted by molar-refractivity contribution is 5.87. The SMILES string of the molecule is COC(=O)NCC#Cc1cc(C(=O)OC)nn1-c1ccccc1. The van der Waals surface area contributed by atoms with Crippen LogP contribution in [-0.2, 0) is 9.47 Å². The minimum atomic E-state index is -0.564. The van der Waals surface area contributed by atoms with Crippen molar-refractivity contribution in [3.8, 4) is 17.5 Å². The van der Waals surface area contributed by atoms with Crippen molar-refractivity contribution in [1.82, 2.24) is 15.1 Å². The number of carbonyl (C=O) groups excluding carboxylic acids is 2. The Morgan fingerprint density at radius 1 is 1.22 bits per heavy atom. The average molecular weight is 313 g/mol. The van der Waals surface area contributed by atoms with Gasteiger partial charge in [0.15, 0.2) is 5.69 Å². The van der Waals surface area contributed by atoms with Crippen LogP contribution in [-0.4, -0.2) is 42.6 Å². The fraction of sp³-hybridized carbons (Fsp3) is 0.188. The van der Waals surface area contributed by atoms with Crippen LogP contribution in [0.2, 0.25) is 0 Å². The van der Waals surface area contributed by atoms with Gasteiger partial charge in [-0.15, -0.1) is 0 Å². The summed E-state index contributed by atoms with van der Waals surface area (Å²) < 4.78 is 10.7. The maximum Gasteiger partial charge on any atom is 0.407 e. The van der Waals surface area contributed by atoms with E-state index in [0.29, 0.717) is 5.69 Å². The van der Waals surface area contributed by atoms with Crippen LogP contribution >= 0.6 is 0 Å². The molecule has 0 aliphatic carbocycles. The number of nitrogens with one attached hydrogen (secondary N) is 1. The first-order valence-corrected chi connectivity index (χ1v) is 6.70. The summed E-state index contributed by atoms with van der Waals surface area (Å²) in [5, 5.41) is 6.66. The number of ether oxygens (including phenoxy) is 2. The number of amides is 1. The van der Waals surface area contributed by atoms with Crippen LogP contribution in [0.4, 0.5) is 4.79 Å². The van der Waals surface area contributed by atoms with E-state index in [4.69, 9.17) is 0 Å². The van der Waals surface area contributed by atoms with Gasteiger partial charge >= 0.3 is 12.1 Å². The van der Waals surface area contributed by atoms with Crippen molar-refractivity contribution in [3.05, 3.63) is 47.8 Å². The van der Waals surface area contributed by atoms with Gasteiger partial charge in [0.2, 0.25) is 0 Å². The second-order valence-corrected chi connectivity index (χ2v) is 4.30. The van der Waals surface area contributed by atoms with Crippen molar-refractivity contribution in [1.29, 1.82) is 0 Å². The second-order valence-electron chi connectivity index (χ2n) is 4.30. The first kappa shape index (κ1) is 16.1. The molecule has 1 heterocycles.